The molecule has 4 rings (SSSR count). The molecule has 0 aliphatic carbocycles. The summed E-state index contributed by atoms with van der Waals surface area (Å²) in [6.07, 6.45) is 0.126. The summed E-state index contributed by atoms with van der Waals surface area (Å²) >= 11 is 0. The number of benzene rings is 2. The Labute approximate surface area is 139 Å². The number of anilines is 2. The quantitative estimate of drug-likeness (QED) is 0.879. The van der Waals surface area contributed by atoms with Crippen LogP contribution in [0.3, 0.4) is 0 Å². The van der Waals surface area contributed by atoms with Crippen LogP contribution in [0.15, 0.2) is 42.5 Å². The van der Waals surface area contributed by atoms with Crippen molar-refractivity contribution in [3.63, 3.8) is 0 Å². The van der Waals surface area contributed by atoms with Gasteiger partial charge in [-0.15, -0.1) is 0 Å². The summed E-state index contributed by atoms with van der Waals surface area (Å²) in [5.41, 5.74) is 2.33. The number of rotatable bonds is 3. The molecular formula is C18H16N2O4. The summed E-state index contributed by atoms with van der Waals surface area (Å²) in [4.78, 5) is 26.2. The number of ether oxygens (including phenoxy) is 2. The molecule has 1 saturated heterocycles. The van der Waals surface area contributed by atoms with E-state index in [9.17, 15) is 9.59 Å². The van der Waals surface area contributed by atoms with Crippen molar-refractivity contribution in [2.75, 3.05) is 17.0 Å². The van der Waals surface area contributed by atoms with Gasteiger partial charge in [0.2, 0.25) is 12.7 Å². The van der Waals surface area contributed by atoms with Crippen molar-refractivity contribution >= 4 is 23.2 Å². The zero-order chi connectivity index (χ0) is 16.7. The van der Waals surface area contributed by atoms with Gasteiger partial charge in [0, 0.05) is 11.8 Å². The second kappa shape index (κ2) is 5.56. The van der Waals surface area contributed by atoms with E-state index in [1.165, 1.54) is 4.90 Å². The Morgan fingerprint density at radius 2 is 1.92 bits per heavy atom. The van der Waals surface area contributed by atoms with Gasteiger partial charge < -0.3 is 14.8 Å². The minimum Gasteiger partial charge on any atom is -0.454 e. The zero-order valence-electron chi connectivity index (χ0n) is 13.1. The lowest BCUT2D eigenvalue weighted by Crippen LogP contribution is -2.34. The van der Waals surface area contributed by atoms with Crippen LogP contribution in [0.1, 0.15) is 12.0 Å². The first-order chi connectivity index (χ1) is 11.6. The minimum absolute atomic E-state index is 0.126. The van der Waals surface area contributed by atoms with Crippen LogP contribution in [-0.4, -0.2) is 24.6 Å². The molecule has 0 spiro atoms. The van der Waals surface area contributed by atoms with Gasteiger partial charge in [0.1, 0.15) is 6.04 Å². The predicted octanol–water partition coefficient (Wildman–Crippen LogP) is 2.47. The molecule has 6 heteroatoms. The molecule has 2 aromatic carbocycles. The van der Waals surface area contributed by atoms with E-state index in [1.807, 2.05) is 25.1 Å². The Kier molecular flexibility index (Phi) is 3.37. The van der Waals surface area contributed by atoms with Crippen LogP contribution in [0.5, 0.6) is 11.5 Å². The van der Waals surface area contributed by atoms with Gasteiger partial charge in [-0.05, 0) is 36.8 Å². The van der Waals surface area contributed by atoms with E-state index < -0.39 is 6.04 Å². The third-order valence-electron chi connectivity index (χ3n) is 4.12. The Morgan fingerprint density at radius 3 is 2.75 bits per heavy atom. The SMILES string of the molecule is Cc1cccc(N2C(=O)CC(Nc3ccc4c(c3)OCO4)C2=O)c1. The van der Waals surface area contributed by atoms with Crippen LogP contribution in [-0.2, 0) is 9.59 Å². The van der Waals surface area contributed by atoms with Crippen molar-refractivity contribution in [2.45, 2.75) is 19.4 Å². The van der Waals surface area contributed by atoms with Gasteiger partial charge in [0.25, 0.3) is 5.91 Å². The van der Waals surface area contributed by atoms with E-state index in [4.69, 9.17) is 9.47 Å². The third kappa shape index (κ3) is 2.46. The lowest BCUT2D eigenvalue weighted by atomic mass is 10.2. The molecule has 1 N–H and O–H groups in total. The normalized spacial score (nSPS) is 19.0. The van der Waals surface area contributed by atoms with E-state index in [-0.39, 0.29) is 25.0 Å². The number of nitrogens with one attached hydrogen (secondary N) is 1. The molecule has 1 fully saturated rings. The maximum Gasteiger partial charge on any atom is 0.256 e. The van der Waals surface area contributed by atoms with Crippen LogP contribution < -0.4 is 19.7 Å². The number of hydrogen-bond acceptors (Lipinski definition) is 5. The molecule has 122 valence electrons. The highest BCUT2D eigenvalue weighted by Crippen LogP contribution is 2.35. The highest BCUT2D eigenvalue weighted by atomic mass is 16.7. The fourth-order valence-corrected chi connectivity index (χ4v) is 2.97. The Morgan fingerprint density at radius 1 is 1.08 bits per heavy atom. The average Bonchev–Trinajstić information content (AvgIpc) is 3.12. The Bertz CT molecular complexity index is 834. The Hall–Kier alpha value is -3.02. The molecule has 2 aliphatic rings. The van der Waals surface area contributed by atoms with E-state index in [2.05, 4.69) is 5.32 Å². The number of carbonyl (C=O) groups excluding carboxylic acids is 2. The largest absolute Gasteiger partial charge is 0.454 e. The summed E-state index contributed by atoms with van der Waals surface area (Å²) in [5, 5.41) is 3.12. The van der Waals surface area contributed by atoms with Crippen molar-refractivity contribution in [1.82, 2.24) is 0 Å². The van der Waals surface area contributed by atoms with Crippen LogP contribution in [0.2, 0.25) is 0 Å². The number of aryl methyl sites for hydroxylation is 1. The number of hydrogen-bond donors (Lipinski definition) is 1. The van der Waals surface area contributed by atoms with E-state index in [0.29, 0.717) is 17.2 Å². The molecular weight excluding hydrogens is 308 g/mol. The molecule has 24 heavy (non-hydrogen) atoms. The molecule has 0 radical (unpaired) electrons. The van der Waals surface area contributed by atoms with Crippen LogP contribution in [0, 0.1) is 6.92 Å². The lowest BCUT2D eigenvalue weighted by molar-refractivity contribution is -0.121. The molecule has 0 saturated carbocycles. The van der Waals surface area contributed by atoms with Gasteiger partial charge >= 0.3 is 0 Å². The predicted molar refractivity (Wildman–Crippen MR) is 88.3 cm³/mol. The summed E-state index contributed by atoms with van der Waals surface area (Å²) in [6.45, 7) is 2.12. The standard InChI is InChI=1S/C18H16N2O4/c1-11-3-2-4-13(7-11)20-17(21)9-14(18(20)22)19-12-5-6-15-16(8-12)24-10-23-15/h2-8,14,19H,9-10H2,1H3. The van der Waals surface area contributed by atoms with Crippen LogP contribution in [0.4, 0.5) is 11.4 Å². The van der Waals surface area contributed by atoms with Crippen molar-refractivity contribution in [2.24, 2.45) is 0 Å². The molecule has 1 atom stereocenters. The summed E-state index contributed by atoms with van der Waals surface area (Å²) in [7, 11) is 0. The highest BCUT2D eigenvalue weighted by molar-refractivity contribution is 6.23. The number of nitrogens with zero attached hydrogens (tertiary/aromatic N) is 1. The smallest absolute Gasteiger partial charge is 0.256 e. The average molecular weight is 324 g/mol. The zero-order valence-corrected chi connectivity index (χ0v) is 13.1. The first-order valence-corrected chi connectivity index (χ1v) is 7.71. The second-order valence-electron chi connectivity index (χ2n) is 5.88. The first kappa shape index (κ1) is 14.6. The van der Waals surface area contributed by atoms with Crippen molar-refractivity contribution in [3.8, 4) is 11.5 Å². The van der Waals surface area contributed by atoms with Crippen LogP contribution in [0.25, 0.3) is 0 Å². The topological polar surface area (TPSA) is 67.9 Å². The first-order valence-electron chi connectivity index (χ1n) is 7.71. The van der Waals surface area contributed by atoms with Crippen LogP contribution >= 0.6 is 0 Å². The highest BCUT2D eigenvalue weighted by Gasteiger charge is 2.39. The van der Waals surface area contributed by atoms with Crippen molar-refractivity contribution in [3.05, 3.63) is 48.0 Å². The maximum absolute atomic E-state index is 12.7. The van der Waals surface area contributed by atoms with Gasteiger partial charge in [-0.25, -0.2) is 4.90 Å². The third-order valence-corrected chi connectivity index (χ3v) is 4.12. The maximum atomic E-state index is 12.7. The summed E-state index contributed by atoms with van der Waals surface area (Å²) < 4.78 is 10.6. The Balaban J connectivity index is 1.55. The molecule has 0 bridgehead atoms. The van der Waals surface area contributed by atoms with E-state index in [0.717, 1.165) is 11.3 Å². The molecule has 2 aliphatic heterocycles. The fraction of sp³-hybridized carbons (Fsp3) is 0.222. The van der Waals surface area contributed by atoms with Gasteiger partial charge in [-0.3, -0.25) is 9.59 Å². The lowest BCUT2D eigenvalue weighted by Gasteiger charge is -2.16. The molecule has 0 aromatic heterocycles. The molecule has 1 unspecified atom stereocenters. The number of carbonyl (C=O) groups is 2. The van der Waals surface area contributed by atoms with Gasteiger partial charge in [0.15, 0.2) is 11.5 Å². The summed E-state index contributed by atoms with van der Waals surface area (Å²) in [6, 6.07) is 12.1. The van der Waals surface area contributed by atoms with Gasteiger partial charge in [0.05, 0.1) is 12.1 Å². The molecule has 2 heterocycles. The summed E-state index contributed by atoms with van der Waals surface area (Å²) in [5.74, 6) is 0.857. The number of imide groups is 1. The number of amides is 2. The molecule has 2 amide bonds. The van der Waals surface area contributed by atoms with Gasteiger partial charge in [-0.2, -0.15) is 0 Å². The molecule has 6 nitrogen and oxygen atoms in total. The molecule has 2 aromatic rings. The second-order valence-corrected chi connectivity index (χ2v) is 5.88. The van der Waals surface area contributed by atoms with E-state index >= 15 is 0 Å². The van der Waals surface area contributed by atoms with E-state index in [1.54, 1.807) is 24.3 Å². The van der Waals surface area contributed by atoms with Gasteiger partial charge in [-0.1, -0.05) is 12.1 Å². The van der Waals surface area contributed by atoms with Crippen molar-refractivity contribution < 1.29 is 19.1 Å². The minimum atomic E-state index is -0.585. The monoisotopic (exact) mass is 324 g/mol. The number of fused-ring (bicyclic) bond motifs is 1. The van der Waals surface area contributed by atoms with Crippen molar-refractivity contribution in [1.29, 1.82) is 0 Å². The fourth-order valence-electron chi connectivity index (χ4n) is 2.97.